The Morgan fingerprint density at radius 3 is 1.30 bits per heavy atom. The van der Waals surface area contributed by atoms with Crippen LogP contribution in [-0.2, 0) is 19.0 Å². The fourth-order valence-corrected chi connectivity index (χ4v) is 7.14. The van der Waals surface area contributed by atoms with Crippen molar-refractivity contribution in [1.82, 2.24) is 4.90 Å². The number of ether oxygens (including phenoxy) is 3. The van der Waals surface area contributed by atoms with Crippen molar-refractivity contribution in [3.05, 3.63) is 0 Å². The largest absolute Gasteiger partial charge is 0.508 e. The molecule has 1 atom stereocenters. The number of rotatable bonds is 43. The summed E-state index contributed by atoms with van der Waals surface area (Å²) in [6.45, 7) is 10.8. The molecule has 0 aromatic carbocycles. The second kappa shape index (κ2) is 43.4. The SMILES string of the molecule is CCCCCCCCCCCC(CCCCCC)OC(=O)OCCCCCCCCN(CCO)CCCCCCCCC(=O)OCCCCCCCC. The zero-order valence-corrected chi connectivity index (χ0v) is 35.8. The number of aliphatic hydroxyl groups is 1. The molecule has 1 N–H and O–H groups in total. The van der Waals surface area contributed by atoms with Crippen LogP contribution in [0.15, 0.2) is 0 Å². The summed E-state index contributed by atoms with van der Waals surface area (Å²) >= 11 is 0. The van der Waals surface area contributed by atoms with E-state index in [1.165, 1.54) is 141 Å². The van der Waals surface area contributed by atoms with Gasteiger partial charge in [-0.15, -0.1) is 0 Å². The number of nitrogens with zero attached hydrogens (tertiary/aromatic N) is 1. The number of unbranched alkanes of at least 4 members (excludes halogenated alkanes) is 26. The van der Waals surface area contributed by atoms with E-state index in [1.54, 1.807) is 0 Å². The first kappa shape index (κ1) is 51.7. The molecule has 0 radical (unpaired) electrons. The van der Waals surface area contributed by atoms with Crippen molar-refractivity contribution in [2.45, 2.75) is 245 Å². The van der Waals surface area contributed by atoms with Crippen LogP contribution < -0.4 is 0 Å². The number of aliphatic hydroxyl groups excluding tert-OH is 1. The summed E-state index contributed by atoms with van der Waals surface area (Å²) in [5.74, 6) is -0.0274. The van der Waals surface area contributed by atoms with Crippen molar-refractivity contribution in [3.63, 3.8) is 0 Å². The van der Waals surface area contributed by atoms with Crippen molar-refractivity contribution in [1.29, 1.82) is 0 Å². The number of carbonyl (C=O) groups is 2. The Bertz CT molecular complexity index is 750. The fraction of sp³-hybridized carbons (Fsp3) is 0.957. The second-order valence-corrected chi connectivity index (χ2v) is 15.9. The van der Waals surface area contributed by atoms with Gasteiger partial charge >= 0.3 is 12.1 Å². The maximum absolute atomic E-state index is 12.5. The van der Waals surface area contributed by atoms with E-state index in [0.29, 0.717) is 19.6 Å². The molecule has 0 heterocycles. The van der Waals surface area contributed by atoms with Gasteiger partial charge in [-0.1, -0.05) is 175 Å². The molecule has 1 unspecified atom stereocenters. The van der Waals surface area contributed by atoms with Crippen LogP contribution in [0.25, 0.3) is 0 Å². The van der Waals surface area contributed by atoms with Gasteiger partial charge in [-0.25, -0.2) is 4.79 Å². The molecule has 0 saturated carbocycles. The average Bonchev–Trinajstić information content (AvgIpc) is 3.15. The topological polar surface area (TPSA) is 85.3 Å². The van der Waals surface area contributed by atoms with E-state index in [4.69, 9.17) is 14.2 Å². The zero-order chi connectivity index (χ0) is 38.7. The molecule has 7 nitrogen and oxygen atoms in total. The van der Waals surface area contributed by atoms with Crippen LogP contribution in [0.1, 0.15) is 239 Å². The third-order valence-electron chi connectivity index (χ3n) is 10.6. The van der Waals surface area contributed by atoms with Crippen LogP contribution >= 0.6 is 0 Å². The van der Waals surface area contributed by atoms with E-state index in [-0.39, 0.29) is 18.7 Å². The van der Waals surface area contributed by atoms with Gasteiger partial charge in [0, 0.05) is 13.0 Å². The first-order valence-corrected chi connectivity index (χ1v) is 23.4. The van der Waals surface area contributed by atoms with E-state index in [9.17, 15) is 14.7 Å². The van der Waals surface area contributed by atoms with E-state index in [1.807, 2.05) is 0 Å². The molecule has 0 aromatic heterocycles. The van der Waals surface area contributed by atoms with E-state index in [2.05, 4.69) is 25.7 Å². The maximum atomic E-state index is 12.5. The molecular formula is C46H91NO6. The average molecular weight is 754 g/mol. The Hall–Kier alpha value is -1.34. The normalized spacial score (nSPS) is 12.0. The van der Waals surface area contributed by atoms with Gasteiger partial charge in [-0.05, 0) is 70.9 Å². The van der Waals surface area contributed by atoms with Crippen molar-refractivity contribution < 1.29 is 28.9 Å². The first-order valence-electron chi connectivity index (χ1n) is 23.4. The Morgan fingerprint density at radius 2 is 0.830 bits per heavy atom. The molecule has 7 heteroatoms. The summed E-state index contributed by atoms with van der Waals surface area (Å²) in [7, 11) is 0. The summed E-state index contributed by atoms with van der Waals surface area (Å²) in [5.41, 5.74) is 0. The molecule has 0 spiro atoms. The lowest BCUT2D eigenvalue weighted by Gasteiger charge is -2.21. The summed E-state index contributed by atoms with van der Waals surface area (Å²) < 4.78 is 16.7. The third kappa shape index (κ3) is 40.1. The van der Waals surface area contributed by atoms with Crippen molar-refractivity contribution in [3.8, 4) is 0 Å². The highest BCUT2D eigenvalue weighted by molar-refractivity contribution is 5.69. The van der Waals surface area contributed by atoms with Gasteiger partial charge in [-0.3, -0.25) is 4.79 Å². The zero-order valence-electron chi connectivity index (χ0n) is 35.8. The quantitative estimate of drug-likeness (QED) is 0.0490. The van der Waals surface area contributed by atoms with E-state index < -0.39 is 6.16 Å². The molecule has 53 heavy (non-hydrogen) atoms. The predicted molar refractivity (Wildman–Crippen MR) is 225 cm³/mol. The summed E-state index contributed by atoms with van der Waals surface area (Å²) in [4.78, 5) is 26.8. The Morgan fingerprint density at radius 1 is 0.453 bits per heavy atom. The van der Waals surface area contributed by atoms with Gasteiger partial charge in [0.15, 0.2) is 0 Å². The minimum Gasteiger partial charge on any atom is -0.466 e. The van der Waals surface area contributed by atoms with Crippen LogP contribution in [0.3, 0.4) is 0 Å². The van der Waals surface area contributed by atoms with Crippen molar-refractivity contribution in [2.24, 2.45) is 0 Å². The van der Waals surface area contributed by atoms with Gasteiger partial charge < -0.3 is 24.2 Å². The Labute approximate surface area is 329 Å². The van der Waals surface area contributed by atoms with E-state index in [0.717, 1.165) is 90.3 Å². The number of carbonyl (C=O) groups excluding carboxylic acids is 2. The monoisotopic (exact) mass is 754 g/mol. The molecule has 0 bridgehead atoms. The second-order valence-electron chi connectivity index (χ2n) is 15.9. The molecule has 0 amide bonds. The standard InChI is InChI=1S/C46H91NO6/c1-4-7-10-13-15-16-17-22-29-36-44(35-28-12-9-6-3)53-46(50)52-43-34-27-21-20-25-32-39-47(40-41-48)38-31-24-19-18-23-30-37-45(49)51-42-33-26-14-11-8-5-2/h44,48H,4-43H2,1-3H3. The van der Waals surface area contributed by atoms with Gasteiger partial charge in [-0.2, -0.15) is 0 Å². The van der Waals surface area contributed by atoms with Crippen LogP contribution in [0.4, 0.5) is 4.79 Å². The van der Waals surface area contributed by atoms with Crippen LogP contribution in [-0.4, -0.2) is 67.7 Å². The maximum Gasteiger partial charge on any atom is 0.508 e. The highest BCUT2D eigenvalue weighted by Gasteiger charge is 2.15. The Balaban J connectivity index is 3.85. The molecule has 0 saturated heterocycles. The van der Waals surface area contributed by atoms with E-state index >= 15 is 0 Å². The number of hydrogen-bond acceptors (Lipinski definition) is 7. The molecule has 0 aliphatic heterocycles. The fourth-order valence-electron chi connectivity index (χ4n) is 7.14. The first-order chi connectivity index (χ1) is 26.1. The Kier molecular flexibility index (Phi) is 42.3. The minimum atomic E-state index is -0.471. The molecule has 316 valence electrons. The highest BCUT2D eigenvalue weighted by Crippen LogP contribution is 2.18. The lowest BCUT2D eigenvalue weighted by Crippen LogP contribution is -2.29. The van der Waals surface area contributed by atoms with Crippen LogP contribution in [0.5, 0.6) is 0 Å². The van der Waals surface area contributed by atoms with Crippen LogP contribution in [0, 0.1) is 0 Å². The third-order valence-corrected chi connectivity index (χ3v) is 10.6. The number of esters is 1. The lowest BCUT2D eigenvalue weighted by molar-refractivity contribution is -0.143. The predicted octanol–water partition coefficient (Wildman–Crippen LogP) is 13.7. The van der Waals surface area contributed by atoms with Crippen LogP contribution in [0.2, 0.25) is 0 Å². The van der Waals surface area contributed by atoms with Gasteiger partial charge in [0.2, 0.25) is 0 Å². The summed E-state index contributed by atoms with van der Waals surface area (Å²) in [6, 6.07) is 0. The van der Waals surface area contributed by atoms with Gasteiger partial charge in [0.25, 0.3) is 0 Å². The molecule has 0 fully saturated rings. The smallest absolute Gasteiger partial charge is 0.466 e. The molecule has 0 aromatic rings. The van der Waals surface area contributed by atoms with Crippen molar-refractivity contribution in [2.75, 3.05) is 39.5 Å². The number of hydrogen-bond donors (Lipinski definition) is 1. The summed E-state index contributed by atoms with van der Waals surface area (Å²) in [6.07, 6.45) is 39.4. The van der Waals surface area contributed by atoms with Gasteiger partial charge in [0.05, 0.1) is 19.8 Å². The van der Waals surface area contributed by atoms with Gasteiger partial charge in [0.1, 0.15) is 6.10 Å². The van der Waals surface area contributed by atoms with Crippen molar-refractivity contribution >= 4 is 12.1 Å². The molecule has 0 rings (SSSR count). The molecular weight excluding hydrogens is 663 g/mol. The molecule has 0 aliphatic carbocycles. The lowest BCUT2D eigenvalue weighted by atomic mass is 10.0. The molecule has 0 aliphatic rings. The summed E-state index contributed by atoms with van der Waals surface area (Å²) in [5, 5.41) is 9.53. The highest BCUT2D eigenvalue weighted by atomic mass is 16.7. The minimum absolute atomic E-state index is 0.00217.